The minimum atomic E-state index is -0.301. The largest absolute Gasteiger partial charge is 0.493 e. The Morgan fingerprint density at radius 3 is 2.69 bits per heavy atom. The zero-order valence-electron chi connectivity index (χ0n) is 15.5. The van der Waals surface area contributed by atoms with Crippen molar-refractivity contribution in [1.29, 1.82) is 0 Å². The zero-order chi connectivity index (χ0) is 20.2. The van der Waals surface area contributed by atoms with Crippen molar-refractivity contribution in [2.24, 2.45) is 0 Å². The third-order valence-corrected chi connectivity index (χ3v) is 4.41. The Bertz CT molecular complexity index is 1170. The first-order chi connectivity index (χ1) is 14.1. The fraction of sp³-hybridized carbons (Fsp3) is 0.0909. The van der Waals surface area contributed by atoms with Crippen LogP contribution in [0.5, 0.6) is 11.5 Å². The lowest BCUT2D eigenvalue weighted by Crippen LogP contribution is -2.20. The number of ether oxygens (including phenoxy) is 2. The van der Waals surface area contributed by atoms with Gasteiger partial charge in [0.15, 0.2) is 23.7 Å². The molecule has 6 nitrogen and oxygen atoms in total. The van der Waals surface area contributed by atoms with E-state index in [-0.39, 0.29) is 12.5 Å². The monoisotopic (exact) mass is 408 g/mol. The smallest absolute Gasteiger partial charge is 0.262 e. The van der Waals surface area contributed by atoms with E-state index in [1.165, 1.54) is 0 Å². The molecule has 0 aliphatic carbocycles. The maximum atomic E-state index is 12.2. The van der Waals surface area contributed by atoms with E-state index in [4.69, 9.17) is 25.5 Å². The molecule has 0 radical (unpaired) electrons. The molecule has 1 N–H and O–H groups in total. The van der Waals surface area contributed by atoms with Gasteiger partial charge < -0.3 is 19.2 Å². The van der Waals surface area contributed by atoms with Gasteiger partial charge in [-0.2, -0.15) is 0 Å². The number of methoxy groups -OCH3 is 1. The number of anilines is 1. The first-order valence-electron chi connectivity index (χ1n) is 8.84. The van der Waals surface area contributed by atoms with E-state index in [2.05, 4.69) is 10.3 Å². The van der Waals surface area contributed by atoms with Gasteiger partial charge in [-0.3, -0.25) is 4.79 Å². The van der Waals surface area contributed by atoms with Crippen molar-refractivity contribution >= 4 is 34.3 Å². The number of amides is 1. The number of hydrogen-bond donors (Lipinski definition) is 1. The van der Waals surface area contributed by atoms with Crippen LogP contribution >= 0.6 is 11.6 Å². The lowest BCUT2D eigenvalue weighted by Gasteiger charge is -2.10. The Labute approximate surface area is 172 Å². The minimum Gasteiger partial charge on any atom is -0.493 e. The Kier molecular flexibility index (Phi) is 5.35. The van der Waals surface area contributed by atoms with Crippen LogP contribution in [0.4, 0.5) is 5.69 Å². The average Bonchev–Trinajstić information content (AvgIpc) is 3.16. The van der Waals surface area contributed by atoms with Crippen molar-refractivity contribution in [2.45, 2.75) is 0 Å². The van der Waals surface area contributed by atoms with Gasteiger partial charge in [-0.05, 0) is 42.5 Å². The SMILES string of the molecule is COc1ccccc1OCC(=O)Nc1ccc2nc(-c3cccc(Cl)c3)oc2c1. The van der Waals surface area contributed by atoms with Gasteiger partial charge in [0.2, 0.25) is 5.89 Å². The Morgan fingerprint density at radius 2 is 1.90 bits per heavy atom. The number of fused-ring (bicyclic) bond motifs is 1. The van der Waals surface area contributed by atoms with Gasteiger partial charge >= 0.3 is 0 Å². The summed E-state index contributed by atoms with van der Waals surface area (Å²) in [5.74, 6) is 1.23. The summed E-state index contributed by atoms with van der Waals surface area (Å²) in [6, 6.07) is 19.7. The van der Waals surface area contributed by atoms with Crippen LogP contribution in [0.3, 0.4) is 0 Å². The van der Waals surface area contributed by atoms with E-state index in [1.54, 1.807) is 49.6 Å². The molecule has 0 saturated heterocycles. The summed E-state index contributed by atoms with van der Waals surface area (Å²) in [5.41, 5.74) is 2.61. The molecule has 1 amide bonds. The van der Waals surface area contributed by atoms with Crippen molar-refractivity contribution in [2.75, 3.05) is 19.0 Å². The topological polar surface area (TPSA) is 73.6 Å². The quantitative estimate of drug-likeness (QED) is 0.476. The van der Waals surface area contributed by atoms with Crippen LogP contribution in [0.15, 0.2) is 71.1 Å². The number of benzene rings is 3. The number of oxazole rings is 1. The van der Waals surface area contributed by atoms with E-state index in [0.717, 1.165) is 5.56 Å². The first kappa shape index (κ1) is 18.8. The zero-order valence-corrected chi connectivity index (χ0v) is 16.3. The standard InChI is InChI=1S/C22H17ClN2O4/c1-27-18-7-2-3-8-19(18)28-13-21(26)24-16-9-10-17-20(12-16)29-22(25-17)14-5-4-6-15(23)11-14/h2-12H,13H2,1H3,(H,24,26). The summed E-state index contributed by atoms with van der Waals surface area (Å²) in [4.78, 5) is 16.7. The van der Waals surface area contributed by atoms with Gasteiger partial charge in [-0.15, -0.1) is 0 Å². The summed E-state index contributed by atoms with van der Waals surface area (Å²) in [6.45, 7) is -0.150. The summed E-state index contributed by atoms with van der Waals surface area (Å²) >= 11 is 6.03. The highest BCUT2D eigenvalue weighted by atomic mass is 35.5. The molecule has 0 bridgehead atoms. The van der Waals surface area contributed by atoms with Crippen LogP contribution in [-0.2, 0) is 4.79 Å². The van der Waals surface area contributed by atoms with E-state index in [0.29, 0.717) is 39.2 Å². The molecule has 0 aliphatic rings. The normalized spacial score (nSPS) is 10.7. The van der Waals surface area contributed by atoms with E-state index in [1.807, 2.05) is 24.3 Å². The molecular formula is C22H17ClN2O4. The van der Waals surface area contributed by atoms with Crippen LogP contribution in [0.2, 0.25) is 5.02 Å². The number of nitrogens with one attached hydrogen (secondary N) is 1. The molecule has 0 unspecified atom stereocenters. The van der Waals surface area contributed by atoms with Gasteiger partial charge in [0.1, 0.15) is 5.52 Å². The van der Waals surface area contributed by atoms with E-state index < -0.39 is 0 Å². The molecule has 0 aliphatic heterocycles. The van der Waals surface area contributed by atoms with Gasteiger partial charge in [-0.1, -0.05) is 29.8 Å². The maximum Gasteiger partial charge on any atom is 0.262 e. The molecule has 0 fully saturated rings. The molecule has 4 rings (SSSR count). The van der Waals surface area contributed by atoms with Gasteiger partial charge in [0, 0.05) is 22.3 Å². The molecule has 4 aromatic rings. The van der Waals surface area contributed by atoms with Crippen LogP contribution in [0.1, 0.15) is 0 Å². The summed E-state index contributed by atoms with van der Waals surface area (Å²) in [5, 5.41) is 3.39. The predicted molar refractivity (Wildman–Crippen MR) is 112 cm³/mol. The fourth-order valence-corrected chi connectivity index (χ4v) is 3.02. The van der Waals surface area contributed by atoms with Crippen molar-refractivity contribution in [3.8, 4) is 23.0 Å². The number of para-hydroxylation sites is 2. The van der Waals surface area contributed by atoms with Gasteiger partial charge in [0.05, 0.1) is 7.11 Å². The second-order valence-corrected chi connectivity index (χ2v) is 6.64. The molecule has 1 aromatic heterocycles. The average molecular weight is 409 g/mol. The molecule has 1 heterocycles. The lowest BCUT2D eigenvalue weighted by atomic mass is 10.2. The van der Waals surface area contributed by atoms with Gasteiger partial charge in [0.25, 0.3) is 5.91 Å². The Balaban J connectivity index is 1.46. The van der Waals surface area contributed by atoms with Crippen molar-refractivity contribution in [3.63, 3.8) is 0 Å². The van der Waals surface area contributed by atoms with E-state index >= 15 is 0 Å². The molecule has 0 spiro atoms. The first-order valence-corrected chi connectivity index (χ1v) is 9.22. The second-order valence-electron chi connectivity index (χ2n) is 6.20. The molecule has 0 atom stereocenters. The van der Waals surface area contributed by atoms with Crippen molar-refractivity contribution < 1.29 is 18.7 Å². The molecule has 0 saturated carbocycles. The van der Waals surface area contributed by atoms with E-state index in [9.17, 15) is 4.79 Å². The number of aromatic nitrogens is 1. The minimum absolute atomic E-state index is 0.150. The third kappa shape index (κ3) is 4.33. The highest BCUT2D eigenvalue weighted by molar-refractivity contribution is 6.30. The number of carbonyl (C=O) groups excluding carboxylic acids is 1. The van der Waals surface area contributed by atoms with Crippen LogP contribution in [-0.4, -0.2) is 24.6 Å². The molecule has 3 aromatic carbocycles. The third-order valence-electron chi connectivity index (χ3n) is 4.17. The second kappa shape index (κ2) is 8.24. The van der Waals surface area contributed by atoms with Crippen LogP contribution in [0.25, 0.3) is 22.6 Å². The number of halogens is 1. The molecule has 146 valence electrons. The number of hydrogen-bond acceptors (Lipinski definition) is 5. The Morgan fingerprint density at radius 1 is 1.07 bits per heavy atom. The molecule has 7 heteroatoms. The van der Waals surface area contributed by atoms with Crippen molar-refractivity contribution in [1.82, 2.24) is 4.98 Å². The predicted octanol–water partition coefficient (Wildman–Crippen LogP) is 5.17. The number of rotatable bonds is 6. The maximum absolute atomic E-state index is 12.2. The Hall–Kier alpha value is -3.51. The highest BCUT2D eigenvalue weighted by Crippen LogP contribution is 2.28. The van der Waals surface area contributed by atoms with Crippen LogP contribution in [0, 0.1) is 0 Å². The lowest BCUT2D eigenvalue weighted by molar-refractivity contribution is -0.118. The summed E-state index contributed by atoms with van der Waals surface area (Å²) in [6.07, 6.45) is 0. The summed E-state index contributed by atoms with van der Waals surface area (Å²) in [7, 11) is 1.55. The van der Waals surface area contributed by atoms with Gasteiger partial charge in [-0.25, -0.2) is 4.98 Å². The number of carbonyl (C=O) groups is 1. The fourth-order valence-electron chi connectivity index (χ4n) is 2.83. The van der Waals surface area contributed by atoms with Crippen molar-refractivity contribution in [3.05, 3.63) is 71.8 Å². The number of nitrogens with zero attached hydrogens (tertiary/aromatic N) is 1. The molecule has 29 heavy (non-hydrogen) atoms. The summed E-state index contributed by atoms with van der Waals surface area (Å²) < 4.78 is 16.6. The van der Waals surface area contributed by atoms with Crippen LogP contribution < -0.4 is 14.8 Å². The molecular weight excluding hydrogens is 392 g/mol. The highest BCUT2D eigenvalue weighted by Gasteiger charge is 2.11.